The first-order valence-corrected chi connectivity index (χ1v) is 9.48. The van der Waals surface area contributed by atoms with Crippen molar-refractivity contribution in [1.29, 1.82) is 0 Å². The van der Waals surface area contributed by atoms with Gasteiger partial charge in [-0.1, -0.05) is 38.1 Å². The van der Waals surface area contributed by atoms with Crippen LogP contribution in [0.3, 0.4) is 0 Å². The van der Waals surface area contributed by atoms with Crippen molar-refractivity contribution >= 4 is 21.6 Å². The first-order chi connectivity index (χ1) is 10.7. The average molecular weight is 338 g/mol. The fourth-order valence-corrected chi connectivity index (χ4v) is 3.41. The minimum Gasteiger partial charge on any atom is -0.353 e. The van der Waals surface area contributed by atoms with Gasteiger partial charge in [0.05, 0.1) is 11.9 Å². The zero-order valence-electron chi connectivity index (χ0n) is 14.3. The number of hydrogen-bond acceptors (Lipinski definition) is 3. The van der Waals surface area contributed by atoms with Gasteiger partial charge < -0.3 is 5.32 Å². The molecule has 0 bridgehead atoms. The van der Waals surface area contributed by atoms with Gasteiger partial charge in [0.15, 0.2) is 0 Å². The molecule has 0 saturated heterocycles. The quantitative estimate of drug-likeness (QED) is 0.741. The van der Waals surface area contributed by atoms with Gasteiger partial charge in [0.25, 0.3) is 0 Å². The number of rotatable bonds is 8. The molecule has 0 aliphatic heterocycles. The summed E-state index contributed by atoms with van der Waals surface area (Å²) in [6.07, 6.45) is 2.86. The van der Waals surface area contributed by atoms with E-state index in [4.69, 9.17) is 0 Å². The predicted octanol–water partition coefficient (Wildman–Crippen LogP) is 2.58. The third kappa shape index (κ3) is 5.39. The van der Waals surface area contributed by atoms with E-state index in [0.29, 0.717) is 12.2 Å². The molecule has 0 aliphatic carbocycles. The van der Waals surface area contributed by atoms with Crippen molar-refractivity contribution in [2.75, 3.05) is 23.7 Å². The Morgan fingerprint density at radius 1 is 1.39 bits per heavy atom. The summed E-state index contributed by atoms with van der Waals surface area (Å²) in [4.78, 5) is 11.8. The summed E-state index contributed by atoms with van der Waals surface area (Å²) in [6.45, 7) is 9.96. The normalized spacial score (nSPS) is 11.3. The minimum absolute atomic E-state index is 0.104. The van der Waals surface area contributed by atoms with E-state index in [0.717, 1.165) is 11.1 Å². The first-order valence-electron chi connectivity index (χ1n) is 7.63. The van der Waals surface area contributed by atoms with Gasteiger partial charge in [-0.15, -0.1) is 6.58 Å². The van der Waals surface area contributed by atoms with E-state index < -0.39 is 10.0 Å². The molecule has 0 radical (unpaired) electrons. The lowest BCUT2D eigenvalue weighted by Crippen LogP contribution is -2.35. The van der Waals surface area contributed by atoms with Crippen LogP contribution in [0.1, 0.15) is 37.3 Å². The molecule has 0 spiro atoms. The third-order valence-electron chi connectivity index (χ3n) is 3.53. The molecule has 0 saturated carbocycles. The van der Waals surface area contributed by atoms with Gasteiger partial charge in [-0.05, 0) is 24.0 Å². The van der Waals surface area contributed by atoms with Crippen molar-refractivity contribution in [3.8, 4) is 0 Å². The van der Waals surface area contributed by atoms with E-state index in [1.54, 1.807) is 6.08 Å². The lowest BCUT2D eigenvalue weighted by Gasteiger charge is -2.27. The van der Waals surface area contributed by atoms with Crippen LogP contribution in [0.4, 0.5) is 5.69 Å². The molecule has 5 nitrogen and oxygen atoms in total. The summed E-state index contributed by atoms with van der Waals surface area (Å²) in [6, 6.07) is 5.74. The minimum atomic E-state index is -3.48. The lowest BCUT2D eigenvalue weighted by molar-refractivity contribution is -0.120. The summed E-state index contributed by atoms with van der Waals surface area (Å²) in [5, 5.41) is 2.66. The predicted molar refractivity (Wildman–Crippen MR) is 95.3 cm³/mol. The topological polar surface area (TPSA) is 66.5 Å². The van der Waals surface area contributed by atoms with Crippen LogP contribution in [0.25, 0.3) is 0 Å². The van der Waals surface area contributed by atoms with Crippen LogP contribution in [0.2, 0.25) is 0 Å². The molecule has 1 aromatic rings. The second-order valence-corrected chi connectivity index (χ2v) is 7.75. The largest absolute Gasteiger partial charge is 0.353 e. The molecule has 1 amide bonds. The number of aryl methyl sites for hydroxylation is 1. The molecule has 1 rings (SSSR count). The molecule has 1 N–H and O–H groups in total. The monoisotopic (exact) mass is 338 g/mol. The lowest BCUT2D eigenvalue weighted by atomic mass is 9.98. The van der Waals surface area contributed by atoms with E-state index in [2.05, 4.69) is 11.9 Å². The smallest absolute Gasteiger partial charge is 0.232 e. The highest BCUT2D eigenvalue weighted by atomic mass is 32.2. The highest BCUT2D eigenvalue weighted by Gasteiger charge is 2.23. The molecule has 6 heteroatoms. The zero-order valence-corrected chi connectivity index (χ0v) is 15.1. The number of sulfonamides is 1. The second kappa shape index (κ2) is 8.15. The maximum atomic E-state index is 12.3. The van der Waals surface area contributed by atoms with Gasteiger partial charge in [0.1, 0.15) is 0 Å². The number of hydrogen-bond donors (Lipinski definition) is 1. The van der Waals surface area contributed by atoms with Crippen LogP contribution in [0, 0.1) is 6.92 Å². The van der Waals surface area contributed by atoms with Gasteiger partial charge in [-0.2, -0.15) is 0 Å². The highest BCUT2D eigenvalue weighted by Crippen LogP contribution is 2.32. The number of anilines is 1. The summed E-state index contributed by atoms with van der Waals surface area (Å²) >= 11 is 0. The Balaban J connectivity index is 3.15. The Hall–Kier alpha value is -1.82. The number of carbonyl (C=O) groups excluding carboxylic acids is 1. The molecule has 0 heterocycles. The van der Waals surface area contributed by atoms with Gasteiger partial charge in [0, 0.05) is 19.5 Å². The van der Waals surface area contributed by atoms with Gasteiger partial charge >= 0.3 is 0 Å². The van der Waals surface area contributed by atoms with Crippen molar-refractivity contribution in [1.82, 2.24) is 5.32 Å². The van der Waals surface area contributed by atoms with Crippen LogP contribution in [-0.4, -0.2) is 33.7 Å². The molecule has 0 aliphatic rings. The summed E-state index contributed by atoms with van der Waals surface area (Å²) in [5.41, 5.74) is 2.52. The van der Waals surface area contributed by atoms with Crippen molar-refractivity contribution in [2.45, 2.75) is 33.1 Å². The van der Waals surface area contributed by atoms with Crippen LogP contribution < -0.4 is 9.62 Å². The SMILES string of the molecule is C=CCNC(=O)CCN(c1c(C)cccc1C(C)C)S(C)(=O)=O. The standard InChI is InChI=1S/C17H26N2O3S/c1-6-11-18-16(20)10-12-19(23(5,21)22)17-14(4)8-7-9-15(17)13(2)3/h6-9,13H,1,10-12H2,2-5H3,(H,18,20). The fourth-order valence-electron chi connectivity index (χ4n) is 2.41. The Kier molecular flexibility index (Phi) is 6.81. The van der Waals surface area contributed by atoms with Gasteiger partial charge in [-0.25, -0.2) is 8.42 Å². The zero-order chi connectivity index (χ0) is 17.6. The maximum absolute atomic E-state index is 12.3. The molecule has 0 unspecified atom stereocenters. The number of carbonyl (C=O) groups is 1. The summed E-state index contributed by atoms with van der Waals surface area (Å²) in [5.74, 6) is -0.0121. The second-order valence-electron chi connectivity index (χ2n) is 5.85. The molecule has 0 fully saturated rings. The van der Waals surface area contributed by atoms with E-state index in [1.807, 2.05) is 39.0 Å². The van der Waals surface area contributed by atoms with Crippen molar-refractivity contribution in [2.24, 2.45) is 0 Å². The number of benzene rings is 1. The number of nitrogens with one attached hydrogen (secondary N) is 1. The maximum Gasteiger partial charge on any atom is 0.232 e. The van der Waals surface area contributed by atoms with Crippen molar-refractivity contribution in [3.63, 3.8) is 0 Å². The Bertz CT molecular complexity index is 666. The van der Waals surface area contributed by atoms with Crippen LogP contribution in [0.5, 0.6) is 0 Å². The van der Waals surface area contributed by atoms with Crippen LogP contribution in [-0.2, 0) is 14.8 Å². The molecule has 23 heavy (non-hydrogen) atoms. The molecular formula is C17H26N2O3S. The molecule has 1 aromatic carbocycles. The first kappa shape index (κ1) is 19.2. The third-order valence-corrected chi connectivity index (χ3v) is 4.69. The molecule has 128 valence electrons. The van der Waals surface area contributed by atoms with E-state index in [-0.39, 0.29) is 24.8 Å². The average Bonchev–Trinajstić information content (AvgIpc) is 2.45. The Morgan fingerprint density at radius 3 is 2.57 bits per heavy atom. The number of para-hydroxylation sites is 1. The van der Waals surface area contributed by atoms with Gasteiger partial charge in [0.2, 0.25) is 15.9 Å². The fraction of sp³-hybridized carbons (Fsp3) is 0.471. The van der Waals surface area contributed by atoms with Crippen LogP contribution >= 0.6 is 0 Å². The van der Waals surface area contributed by atoms with E-state index in [9.17, 15) is 13.2 Å². The molecule has 0 atom stereocenters. The highest BCUT2D eigenvalue weighted by molar-refractivity contribution is 7.92. The van der Waals surface area contributed by atoms with E-state index in [1.165, 1.54) is 10.6 Å². The van der Waals surface area contributed by atoms with Crippen LogP contribution in [0.15, 0.2) is 30.9 Å². The summed E-state index contributed by atoms with van der Waals surface area (Å²) in [7, 11) is -3.48. The van der Waals surface area contributed by atoms with E-state index >= 15 is 0 Å². The Morgan fingerprint density at radius 2 is 2.04 bits per heavy atom. The van der Waals surface area contributed by atoms with Gasteiger partial charge in [-0.3, -0.25) is 9.10 Å². The van der Waals surface area contributed by atoms with Crippen molar-refractivity contribution < 1.29 is 13.2 Å². The Labute approximate surface area is 139 Å². The molecular weight excluding hydrogens is 312 g/mol. The van der Waals surface area contributed by atoms with Crippen molar-refractivity contribution in [3.05, 3.63) is 42.0 Å². The molecule has 0 aromatic heterocycles. The number of nitrogens with zero attached hydrogens (tertiary/aromatic N) is 1. The number of amides is 1. The summed E-state index contributed by atoms with van der Waals surface area (Å²) < 4.78 is 25.9.